The van der Waals surface area contributed by atoms with Crippen molar-refractivity contribution >= 4 is 17.8 Å². The lowest BCUT2D eigenvalue weighted by atomic mass is 10.1. The number of carbonyl (C=O) groups is 1. The number of aryl methyl sites for hydroxylation is 3. The monoisotopic (exact) mass is 343 g/mol. The smallest absolute Gasteiger partial charge is 0.234 e. The highest BCUT2D eigenvalue weighted by Gasteiger charge is 2.09. The molecule has 1 heterocycles. The summed E-state index contributed by atoms with van der Waals surface area (Å²) in [5.74, 6) is 0.968. The molecule has 7 heteroatoms. The van der Waals surface area contributed by atoms with Crippen molar-refractivity contribution in [2.75, 3.05) is 17.2 Å². The van der Waals surface area contributed by atoms with Crippen LogP contribution in [-0.2, 0) is 16.1 Å². The van der Waals surface area contributed by atoms with Crippen LogP contribution in [0.1, 0.15) is 36.4 Å². The molecule has 0 saturated carbocycles. The van der Waals surface area contributed by atoms with Gasteiger partial charge in [-0.25, -0.2) is 0 Å². The normalized spacial score (nSPS) is 11.9. The van der Waals surface area contributed by atoms with Crippen molar-refractivity contribution in [2.24, 2.45) is 0 Å². The van der Waals surface area contributed by atoms with Crippen LogP contribution in [0.3, 0.4) is 0 Å². The molecule has 2 N–H and O–H groups in total. The van der Waals surface area contributed by atoms with Crippen LogP contribution in [-0.4, -0.2) is 33.5 Å². The van der Waals surface area contributed by atoms with Crippen LogP contribution in [0.5, 0.6) is 0 Å². The summed E-state index contributed by atoms with van der Waals surface area (Å²) < 4.78 is 5.79. The quantitative estimate of drug-likeness (QED) is 0.803. The third-order valence-electron chi connectivity index (χ3n) is 3.33. The lowest BCUT2D eigenvalue weighted by Gasteiger charge is -2.15. The second-order valence-electron chi connectivity index (χ2n) is 6.27. The Hall–Kier alpha value is -2.54. The Morgan fingerprint density at radius 2 is 1.72 bits per heavy atom. The molecule has 2 aromatic rings. The van der Waals surface area contributed by atoms with Crippen LogP contribution < -0.4 is 10.6 Å². The molecule has 0 saturated heterocycles. The first-order chi connectivity index (χ1) is 11.8. The van der Waals surface area contributed by atoms with E-state index in [4.69, 9.17) is 4.74 Å². The van der Waals surface area contributed by atoms with Crippen LogP contribution in [0.25, 0.3) is 0 Å². The summed E-state index contributed by atoms with van der Waals surface area (Å²) in [6.07, 6.45) is 0. The van der Waals surface area contributed by atoms with E-state index in [1.54, 1.807) is 6.92 Å². The standard InChI is InChI=1S/C18H25N5O2/c1-11-6-12(2)8-16(7-11)10-25-9-13(3)19-17-20-14(4)21-18(23-17)22-15(5)24/h6-8,13H,9-10H2,1-5H3,(H2,19,20,21,22,23,24). The van der Waals surface area contributed by atoms with E-state index in [2.05, 4.69) is 57.6 Å². The van der Waals surface area contributed by atoms with Crippen molar-refractivity contribution < 1.29 is 9.53 Å². The van der Waals surface area contributed by atoms with Gasteiger partial charge in [-0.1, -0.05) is 29.3 Å². The van der Waals surface area contributed by atoms with Gasteiger partial charge in [0.05, 0.1) is 13.2 Å². The topological polar surface area (TPSA) is 89.0 Å². The van der Waals surface area contributed by atoms with Crippen molar-refractivity contribution in [3.8, 4) is 0 Å². The molecule has 0 radical (unpaired) electrons. The van der Waals surface area contributed by atoms with Crippen LogP contribution in [0.15, 0.2) is 18.2 Å². The summed E-state index contributed by atoms with van der Waals surface area (Å²) in [5, 5.41) is 5.73. The highest BCUT2D eigenvalue weighted by atomic mass is 16.5. The minimum absolute atomic E-state index is 0.0119. The summed E-state index contributed by atoms with van der Waals surface area (Å²) in [7, 11) is 0. The molecule has 0 aliphatic heterocycles. The second-order valence-corrected chi connectivity index (χ2v) is 6.27. The van der Waals surface area contributed by atoms with Crippen LogP contribution in [0, 0.1) is 20.8 Å². The minimum Gasteiger partial charge on any atom is -0.375 e. The number of hydrogen-bond donors (Lipinski definition) is 2. The average molecular weight is 343 g/mol. The first-order valence-corrected chi connectivity index (χ1v) is 8.23. The Balaban J connectivity index is 1.88. The number of nitrogens with one attached hydrogen (secondary N) is 2. The number of nitrogens with zero attached hydrogens (tertiary/aromatic N) is 3. The van der Waals surface area contributed by atoms with Crippen molar-refractivity contribution in [1.29, 1.82) is 0 Å². The zero-order valence-electron chi connectivity index (χ0n) is 15.4. The molecule has 25 heavy (non-hydrogen) atoms. The summed E-state index contributed by atoms with van der Waals surface area (Å²) in [4.78, 5) is 23.6. The molecule has 0 spiro atoms. The van der Waals surface area contributed by atoms with E-state index in [0.717, 1.165) is 5.56 Å². The molecule has 1 amide bonds. The van der Waals surface area contributed by atoms with Gasteiger partial charge in [0, 0.05) is 13.0 Å². The number of amides is 1. The summed E-state index contributed by atoms with van der Waals surface area (Å²) in [6.45, 7) is 10.4. The number of ether oxygens (including phenoxy) is 1. The number of anilines is 2. The molecule has 0 aliphatic carbocycles. The van der Waals surface area contributed by atoms with Gasteiger partial charge in [0.2, 0.25) is 17.8 Å². The first kappa shape index (κ1) is 18.8. The predicted octanol–water partition coefficient (Wildman–Crippen LogP) is 2.77. The number of benzene rings is 1. The molecular weight excluding hydrogens is 318 g/mol. The lowest BCUT2D eigenvalue weighted by molar-refractivity contribution is -0.114. The Morgan fingerprint density at radius 1 is 1.08 bits per heavy atom. The number of hydrogen-bond acceptors (Lipinski definition) is 6. The molecule has 0 bridgehead atoms. The highest BCUT2D eigenvalue weighted by molar-refractivity contribution is 5.86. The summed E-state index contributed by atoms with van der Waals surface area (Å²) >= 11 is 0. The van der Waals surface area contributed by atoms with Gasteiger partial charge in [-0.15, -0.1) is 0 Å². The van der Waals surface area contributed by atoms with Gasteiger partial charge >= 0.3 is 0 Å². The van der Waals surface area contributed by atoms with Gasteiger partial charge in [0.25, 0.3) is 0 Å². The molecule has 0 aliphatic rings. The maximum Gasteiger partial charge on any atom is 0.234 e. The highest BCUT2D eigenvalue weighted by Crippen LogP contribution is 2.11. The largest absolute Gasteiger partial charge is 0.375 e. The van der Waals surface area contributed by atoms with Gasteiger partial charge in [-0.05, 0) is 33.3 Å². The molecule has 1 unspecified atom stereocenters. The van der Waals surface area contributed by atoms with Crippen molar-refractivity contribution in [3.63, 3.8) is 0 Å². The Labute approximate surface area is 148 Å². The van der Waals surface area contributed by atoms with Gasteiger partial charge < -0.3 is 10.1 Å². The van der Waals surface area contributed by atoms with Gasteiger partial charge in [0.15, 0.2) is 0 Å². The summed E-state index contributed by atoms with van der Waals surface area (Å²) in [5.41, 5.74) is 3.63. The lowest BCUT2D eigenvalue weighted by Crippen LogP contribution is -2.24. The van der Waals surface area contributed by atoms with Crippen molar-refractivity contribution in [2.45, 2.75) is 47.3 Å². The van der Waals surface area contributed by atoms with E-state index in [1.165, 1.54) is 18.1 Å². The Kier molecular flexibility index (Phi) is 6.41. The van der Waals surface area contributed by atoms with Gasteiger partial charge in [0.1, 0.15) is 5.82 Å². The fourth-order valence-electron chi connectivity index (χ4n) is 2.53. The molecule has 1 aromatic heterocycles. The third kappa shape index (κ3) is 6.46. The SMILES string of the molecule is CC(=O)Nc1nc(C)nc(NC(C)COCc2cc(C)cc(C)c2)n1. The Morgan fingerprint density at radius 3 is 2.36 bits per heavy atom. The average Bonchev–Trinajstić information content (AvgIpc) is 2.44. The molecule has 1 aromatic carbocycles. The second kappa shape index (κ2) is 8.53. The molecular formula is C18H25N5O2. The molecule has 2 rings (SSSR count). The van der Waals surface area contributed by atoms with E-state index < -0.39 is 0 Å². The maximum absolute atomic E-state index is 11.1. The van der Waals surface area contributed by atoms with E-state index in [-0.39, 0.29) is 17.9 Å². The van der Waals surface area contributed by atoms with E-state index in [1.807, 2.05) is 6.92 Å². The van der Waals surface area contributed by atoms with E-state index in [9.17, 15) is 4.79 Å². The molecule has 0 fully saturated rings. The van der Waals surface area contributed by atoms with Crippen molar-refractivity contribution in [3.05, 3.63) is 40.7 Å². The minimum atomic E-state index is -0.221. The predicted molar refractivity (Wildman–Crippen MR) is 97.5 cm³/mol. The van der Waals surface area contributed by atoms with Gasteiger partial charge in [-0.2, -0.15) is 15.0 Å². The van der Waals surface area contributed by atoms with Crippen LogP contribution >= 0.6 is 0 Å². The third-order valence-corrected chi connectivity index (χ3v) is 3.33. The fourth-order valence-corrected chi connectivity index (χ4v) is 2.53. The van der Waals surface area contributed by atoms with Crippen molar-refractivity contribution in [1.82, 2.24) is 15.0 Å². The zero-order valence-corrected chi connectivity index (χ0v) is 15.4. The molecule has 1 atom stereocenters. The fraction of sp³-hybridized carbons (Fsp3) is 0.444. The number of rotatable bonds is 7. The molecule has 134 valence electrons. The maximum atomic E-state index is 11.1. The number of aromatic nitrogens is 3. The molecule has 7 nitrogen and oxygen atoms in total. The number of carbonyl (C=O) groups excluding carboxylic acids is 1. The van der Waals surface area contributed by atoms with Gasteiger partial charge in [-0.3, -0.25) is 10.1 Å². The zero-order chi connectivity index (χ0) is 18.4. The van der Waals surface area contributed by atoms with E-state index in [0.29, 0.717) is 25.0 Å². The summed E-state index contributed by atoms with van der Waals surface area (Å²) in [6, 6.07) is 6.40. The van der Waals surface area contributed by atoms with Crippen LogP contribution in [0.4, 0.5) is 11.9 Å². The Bertz CT molecular complexity index is 728. The van der Waals surface area contributed by atoms with E-state index >= 15 is 0 Å². The van der Waals surface area contributed by atoms with Crippen LogP contribution in [0.2, 0.25) is 0 Å². The first-order valence-electron chi connectivity index (χ1n) is 8.23.